The number of rotatable bonds is 5. The summed E-state index contributed by atoms with van der Waals surface area (Å²) in [6.07, 6.45) is 4.28. The molecular formula is C14H20ClNO. The van der Waals surface area contributed by atoms with E-state index in [9.17, 15) is 5.11 Å². The van der Waals surface area contributed by atoms with Crippen molar-refractivity contribution in [1.29, 1.82) is 0 Å². The minimum Gasteiger partial charge on any atom is -0.392 e. The second kappa shape index (κ2) is 5.85. The maximum absolute atomic E-state index is 10.3. The van der Waals surface area contributed by atoms with Crippen molar-refractivity contribution in [3.63, 3.8) is 0 Å². The van der Waals surface area contributed by atoms with E-state index in [0.29, 0.717) is 17.5 Å². The highest BCUT2D eigenvalue weighted by molar-refractivity contribution is 6.31. The third kappa shape index (κ3) is 3.01. The standard InChI is InChI=1S/C14H20ClNO/c15-13-7-2-1-6-11(13)12(9-16)14(17)8-10-4-3-5-10/h1-2,6-7,10,12,14,17H,3-5,8-9,16H2. The van der Waals surface area contributed by atoms with Crippen LogP contribution in [0.5, 0.6) is 0 Å². The molecule has 2 atom stereocenters. The summed E-state index contributed by atoms with van der Waals surface area (Å²) in [6, 6.07) is 7.66. The molecule has 3 N–H and O–H groups in total. The normalized spacial score (nSPS) is 19.7. The van der Waals surface area contributed by atoms with E-state index in [4.69, 9.17) is 17.3 Å². The molecule has 1 fully saturated rings. The van der Waals surface area contributed by atoms with Crippen LogP contribution in [0.3, 0.4) is 0 Å². The van der Waals surface area contributed by atoms with Gasteiger partial charge in [-0.1, -0.05) is 49.1 Å². The maximum atomic E-state index is 10.3. The molecule has 1 aromatic carbocycles. The number of halogens is 1. The topological polar surface area (TPSA) is 46.2 Å². The van der Waals surface area contributed by atoms with E-state index in [1.54, 1.807) is 0 Å². The second-order valence-electron chi connectivity index (χ2n) is 4.96. The van der Waals surface area contributed by atoms with Crippen molar-refractivity contribution in [2.24, 2.45) is 11.7 Å². The molecule has 0 aromatic heterocycles. The second-order valence-corrected chi connectivity index (χ2v) is 5.37. The van der Waals surface area contributed by atoms with Gasteiger partial charge < -0.3 is 10.8 Å². The minimum atomic E-state index is -0.370. The first-order chi connectivity index (χ1) is 8.22. The average molecular weight is 254 g/mol. The average Bonchev–Trinajstić information content (AvgIpc) is 2.27. The summed E-state index contributed by atoms with van der Waals surface area (Å²) in [5.74, 6) is 0.644. The van der Waals surface area contributed by atoms with Crippen molar-refractivity contribution in [3.05, 3.63) is 34.9 Å². The van der Waals surface area contributed by atoms with Crippen molar-refractivity contribution in [1.82, 2.24) is 0 Å². The molecule has 0 amide bonds. The highest BCUT2D eigenvalue weighted by Gasteiger charge is 2.27. The van der Waals surface area contributed by atoms with E-state index in [0.717, 1.165) is 12.0 Å². The lowest BCUT2D eigenvalue weighted by atomic mass is 9.78. The zero-order chi connectivity index (χ0) is 12.3. The molecule has 0 radical (unpaired) electrons. The Morgan fingerprint density at radius 2 is 2.06 bits per heavy atom. The Balaban J connectivity index is 2.06. The van der Waals surface area contributed by atoms with Crippen molar-refractivity contribution < 1.29 is 5.11 Å². The van der Waals surface area contributed by atoms with Gasteiger partial charge in [0.1, 0.15) is 0 Å². The third-order valence-corrected chi connectivity index (χ3v) is 4.17. The van der Waals surface area contributed by atoms with Crippen LogP contribution in [-0.2, 0) is 0 Å². The summed E-state index contributed by atoms with van der Waals surface area (Å²) in [5.41, 5.74) is 6.77. The van der Waals surface area contributed by atoms with Crippen LogP contribution >= 0.6 is 11.6 Å². The van der Waals surface area contributed by atoms with E-state index in [-0.39, 0.29) is 12.0 Å². The predicted molar refractivity (Wildman–Crippen MR) is 71.2 cm³/mol. The molecule has 1 aromatic rings. The van der Waals surface area contributed by atoms with Crippen LogP contribution in [0.1, 0.15) is 37.2 Å². The Morgan fingerprint density at radius 3 is 2.59 bits per heavy atom. The van der Waals surface area contributed by atoms with Crippen LogP contribution in [0.2, 0.25) is 5.02 Å². The lowest BCUT2D eigenvalue weighted by Gasteiger charge is -2.31. The van der Waals surface area contributed by atoms with Crippen LogP contribution < -0.4 is 5.73 Å². The lowest BCUT2D eigenvalue weighted by molar-refractivity contribution is 0.0951. The van der Waals surface area contributed by atoms with Gasteiger partial charge in [-0.15, -0.1) is 0 Å². The number of hydrogen-bond donors (Lipinski definition) is 2. The SMILES string of the molecule is NCC(c1ccccc1Cl)C(O)CC1CCC1. The number of benzene rings is 1. The largest absolute Gasteiger partial charge is 0.392 e. The van der Waals surface area contributed by atoms with Gasteiger partial charge in [-0.3, -0.25) is 0 Å². The van der Waals surface area contributed by atoms with E-state index in [1.807, 2.05) is 24.3 Å². The fourth-order valence-electron chi connectivity index (χ4n) is 2.50. The molecule has 1 aliphatic carbocycles. The zero-order valence-corrected chi connectivity index (χ0v) is 10.7. The highest BCUT2D eigenvalue weighted by Crippen LogP contribution is 2.35. The molecular weight excluding hydrogens is 234 g/mol. The molecule has 0 aliphatic heterocycles. The summed E-state index contributed by atoms with van der Waals surface area (Å²) in [5, 5.41) is 11.0. The molecule has 1 saturated carbocycles. The Labute approximate surface area is 108 Å². The summed E-state index contributed by atoms with van der Waals surface area (Å²) in [6.45, 7) is 0.442. The van der Waals surface area contributed by atoms with Gasteiger partial charge in [0.2, 0.25) is 0 Å². The monoisotopic (exact) mass is 253 g/mol. The smallest absolute Gasteiger partial charge is 0.0624 e. The quantitative estimate of drug-likeness (QED) is 0.848. The number of aliphatic hydroxyl groups is 1. The lowest BCUT2D eigenvalue weighted by Crippen LogP contribution is -2.29. The van der Waals surface area contributed by atoms with Gasteiger partial charge in [0.25, 0.3) is 0 Å². The molecule has 2 nitrogen and oxygen atoms in total. The highest BCUT2D eigenvalue weighted by atomic mass is 35.5. The molecule has 2 unspecified atom stereocenters. The van der Waals surface area contributed by atoms with E-state index >= 15 is 0 Å². The molecule has 0 saturated heterocycles. The van der Waals surface area contributed by atoms with Gasteiger partial charge >= 0.3 is 0 Å². The van der Waals surface area contributed by atoms with Gasteiger partial charge in [-0.2, -0.15) is 0 Å². The number of aliphatic hydroxyl groups excluding tert-OH is 1. The molecule has 3 heteroatoms. The summed E-state index contributed by atoms with van der Waals surface area (Å²) in [7, 11) is 0. The van der Waals surface area contributed by atoms with Gasteiger partial charge in [0.15, 0.2) is 0 Å². The fourth-order valence-corrected chi connectivity index (χ4v) is 2.78. The fraction of sp³-hybridized carbons (Fsp3) is 0.571. The summed E-state index contributed by atoms with van der Waals surface area (Å²) in [4.78, 5) is 0. The van der Waals surface area contributed by atoms with Crippen LogP contribution in [0.15, 0.2) is 24.3 Å². The Kier molecular flexibility index (Phi) is 4.43. The molecule has 0 spiro atoms. The number of nitrogens with two attached hydrogens (primary N) is 1. The molecule has 0 bridgehead atoms. The van der Waals surface area contributed by atoms with Crippen molar-refractivity contribution in [3.8, 4) is 0 Å². The van der Waals surface area contributed by atoms with Crippen LogP contribution in [0.4, 0.5) is 0 Å². The number of hydrogen-bond acceptors (Lipinski definition) is 2. The van der Waals surface area contributed by atoms with Gasteiger partial charge in [-0.05, 0) is 24.0 Å². The van der Waals surface area contributed by atoms with Crippen LogP contribution in [0.25, 0.3) is 0 Å². The molecule has 1 aliphatic rings. The summed E-state index contributed by atoms with van der Waals surface area (Å²) < 4.78 is 0. The van der Waals surface area contributed by atoms with Crippen molar-refractivity contribution in [2.75, 3.05) is 6.54 Å². The predicted octanol–water partition coefficient (Wildman–Crippen LogP) is 2.93. The van der Waals surface area contributed by atoms with Crippen LogP contribution in [-0.4, -0.2) is 17.8 Å². The Morgan fingerprint density at radius 1 is 1.35 bits per heavy atom. The Hall–Kier alpha value is -0.570. The van der Waals surface area contributed by atoms with E-state index in [2.05, 4.69) is 0 Å². The molecule has 94 valence electrons. The third-order valence-electron chi connectivity index (χ3n) is 3.82. The Bertz CT molecular complexity index is 365. The van der Waals surface area contributed by atoms with E-state index in [1.165, 1.54) is 19.3 Å². The first-order valence-electron chi connectivity index (χ1n) is 6.35. The van der Waals surface area contributed by atoms with Gasteiger partial charge in [0, 0.05) is 17.5 Å². The van der Waals surface area contributed by atoms with Crippen molar-refractivity contribution in [2.45, 2.75) is 37.7 Å². The molecule has 2 rings (SSSR count). The van der Waals surface area contributed by atoms with Crippen LogP contribution in [0, 0.1) is 5.92 Å². The first-order valence-corrected chi connectivity index (χ1v) is 6.72. The zero-order valence-electron chi connectivity index (χ0n) is 9.98. The van der Waals surface area contributed by atoms with Crippen molar-refractivity contribution >= 4 is 11.6 Å². The maximum Gasteiger partial charge on any atom is 0.0624 e. The first kappa shape index (κ1) is 12.9. The molecule has 0 heterocycles. The van der Waals surface area contributed by atoms with E-state index < -0.39 is 0 Å². The minimum absolute atomic E-state index is 0.0377. The summed E-state index contributed by atoms with van der Waals surface area (Å²) >= 11 is 6.16. The van der Waals surface area contributed by atoms with Gasteiger partial charge in [0.05, 0.1) is 6.10 Å². The molecule has 17 heavy (non-hydrogen) atoms. The van der Waals surface area contributed by atoms with Gasteiger partial charge in [-0.25, -0.2) is 0 Å².